The van der Waals surface area contributed by atoms with Gasteiger partial charge in [0.05, 0.1) is 6.10 Å². The van der Waals surface area contributed by atoms with Crippen LogP contribution in [0.1, 0.15) is 11.7 Å². The smallest absolute Gasteiger partial charge is 0.0932 e. The van der Waals surface area contributed by atoms with Crippen molar-refractivity contribution in [3.63, 3.8) is 0 Å². The van der Waals surface area contributed by atoms with Gasteiger partial charge in [0.2, 0.25) is 0 Å². The Morgan fingerprint density at radius 3 is 3.00 bits per heavy atom. The fourth-order valence-corrected chi connectivity index (χ4v) is 1.88. The molecule has 2 rings (SSSR count). The molecule has 4 N–H and O–H groups in total. The van der Waals surface area contributed by atoms with Crippen LogP contribution >= 0.6 is 15.9 Å². The second-order valence-corrected chi connectivity index (χ2v) is 4.10. The molecule has 1 aromatic heterocycles. The highest BCUT2D eigenvalue weighted by Crippen LogP contribution is 2.25. The van der Waals surface area contributed by atoms with Crippen molar-refractivity contribution in [3.8, 4) is 0 Å². The fraction of sp³-hybridized carbons (Fsp3) is 0.200. The van der Waals surface area contributed by atoms with E-state index in [1.165, 1.54) is 0 Å². The molecule has 0 spiro atoms. The molecule has 0 aliphatic carbocycles. The van der Waals surface area contributed by atoms with Gasteiger partial charge in [0.25, 0.3) is 0 Å². The maximum Gasteiger partial charge on any atom is 0.0932 e. The molecule has 0 bridgehead atoms. The SMILES string of the molecule is NCC(O)c1c[nH]c2cc(Br)ccc12. The van der Waals surface area contributed by atoms with E-state index in [2.05, 4.69) is 20.9 Å². The molecule has 0 radical (unpaired) electrons. The summed E-state index contributed by atoms with van der Waals surface area (Å²) in [6, 6.07) is 5.88. The zero-order valence-electron chi connectivity index (χ0n) is 7.50. The van der Waals surface area contributed by atoms with Crippen LogP contribution in [0.15, 0.2) is 28.9 Å². The summed E-state index contributed by atoms with van der Waals surface area (Å²) in [6.45, 7) is 0.239. The molecule has 0 aliphatic rings. The maximum atomic E-state index is 9.63. The van der Waals surface area contributed by atoms with E-state index in [1.807, 2.05) is 18.2 Å². The van der Waals surface area contributed by atoms with Gasteiger partial charge in [0.15, 0.2) is 0 Å². The lowest BCUT2D eigenvalue weighted by Crippen LogP contribution is -2.10. The Balaban J connectivity index is 2.58. The van der Waals surface area contributed by atoms with Gasteiger partial charge in [-0.2, -0.15) is 0 Å². The van der Waals surface area contributed by atoms with Crippen LogP contribution < -0.4 is 5.73 Å². The average Bonchev–Trinajstić information content (AvgIpc) is 2.59. The minimum atomic E-state index is -0.593. The van der Waals surface area contributed by atoms with E-state index < -0.39 is 6.10 Å². The highest BCUT2D eigenvalue weighted by Gasteiger charge is 2.10. The Morgan fingerprint density at radius 2 is 2.29 bits per heavy atom. The minimum Gasteiger partial charge on any atom is -0.387 e. The molecule has 2 aromatic rings. The van der Waals surface area contributed by atoms with Gasteiger partial charge >= 0.3 is 0 Å². The normalized spacial score (nSPS) is 13.4. The van der Waals surface area contributed by atoms with Gasteiger partial charge in [-0.05, 0) is 12.1 Å². The van der Waals surface area contributed by atoms with Gasteiger partial charge in [-0.1, -0.05) is 22.0 Å². The van der Waals surface area contributed by atoms with E-state index in [-0.39, 0.29) is 6.54 Å². The molecule has 3 nitrogen and oxygen atoms in total. The molecular formula is C10H11BrN2O. The van der Waals surface area contributed by atoms with Crippen molar-refractivity contribution in [2.75, 3.05) is 6.54 Å². The van der Waals surface area contributed by atoms with Crippen molar-refractivity contribution >= 4 is 26.8 Å². The van der Waals surface area contributed by atoms with E-state index in [0.717, 1.165) is 20.9 Å². The summed E-state index contributed by atoms with van der Waals surface area (Å²) in [5.74, 6) is 0. The number of nitrogens with one attached hydrogen (secondary N) is 1. The van der Waals surface area contributed by atoms with Crippen LogP contribution in [0.4, 0.5) is 0 Å². The Bertz CT molecular complexity index is 452. The number of H-pyrrole nitrogens is 1. The molecule has 1 atom stereocenters. The van der Waals surface area contributed by atoms with Crippen molar-refractivity contribution in [1.29, 1.82) is 0 Å². The maximum absolute atomic E-state index is 9.63. The zero-order chi connectivity index (χ0) is 10.1. The minimum absolute atomic E-state index is 0.239. The Hall–Kier alpha value is -0.840. The van der Waals surface area contributed by atoms with Gasteiger partial charge in [-0.3, -0.25) is 0 Å². The predicted octanol–water partition coefficient (Wildman–Crippen LogP) is 1.92. The number of halogens is 1. The van der Waals surface area contributed by atoms with Gasteiger partial charge in [0.1, 0.15) is 0 Å². The molecule has 0 fully saturated rings. The lowest BCUT2D eigenvalue weighted by molar-refractivity contribution is 0.188. The number of benzene rings is 1. The molecule has 1 aromatic carbocycles. The third kappa shape index (κ3) is 1.56. The molecule has 0 amide bonds. The lowest BCUT2D eigenvalue weighted by atomic mass is 10.1. The number of aromatic amines is 1. The first-order valence-electron chi connectivity index (χ1n) is 4.37. The first-order valence-corrected chi connectivity index (χ1v) is 5.16. The molecule has 14 heavy (non-hydrogen) atoms. The summed E-state index contributed by atoms with van der Waals surface area (Å²) in [5.41, 5.74) is 7.27. The molecular weight excluding hydrogens is 244 g/mol. The second kappa shape index (κ2) is 3.73. The second-order valence-electron chi connectivity index (χ2n) is 3.19. The van der Waals surface area contributed by atoms with Crippen molar-refractivity contribution < 1.29 is 5.11 Å². The van der Waals surface area contributed by atoms with Gasteiger partial charge in [-0.15, -0.1) is 0 Å². The Kier molecular flexibility index (Phi) is 2.58. The summed E-state index contributed by atoms with van der Waals surface area (Å²) >= 11 is 3.39. The topological polar surface area (TPSA) is 62.0 Å². The summed E-state index contributed by atoms with van der Waals surface area (Å²) in [4.78, 5) is 3.10. The van der Waals surface area contributed by atoms with Gasteiger partial charge < -0.3 is 15.8 Å². The molecule has 0 aliphatic heterocycles. The lowest BCUT2D eigenvalue weighted by Gasteiger charge is -2.05. The molecule has 74 valence electrons. The summed E-state index contributed by atoms with van der Waals surface area (Å²) in [5, 5.41) is 10.6. The van der Waals surface area contributed by atoms with Gasteiger partial charge in [0, 0.05) is 33.7 Å². The number of aromatic nitrogens is 1. The van der Waals surface area contributed by atoms with Crippen LogP contribution in [-0.4, -0.2) is 16.6 Å². The number of aliphatic hydroxyl groups is 1. The molecule has 0 saturated heterocycles. The largest absolute Gasteiger partial charge is 0.387 e. The monoisotopic (exact) mass is 254 g/mol. The van der Waals surface area contributed by atoms with Crippen molar-refractivity contribution in [3.05, 3.63) is 34.4 Å². The number of aliphatic hydroxyl groups excluding tert-OH is 1. The van der Waals surface area contributed by atoms with Crippen molar-refractivity contribution in [2.24, 2.45) is 5.73 Å². The quantitative estimate of drug-likeness (QED) is 0.767. The first-order chi connectivity index (χ1) is 6.72. The van der Waals surface area contributed by atoms with Crippen LogP contribution in [0.25, 0.3) is 10.9 Å². The predicted molar refractivity (Wildman–Crippen MR) is 60.0 cm³/mol. The number of hydrogen-bond donors (Lipinski definition) is 3. The van der Waals surface area contributed by atoms with Crippen LogP contribution in [0, 0.1) is 0 Å². The highest BCUT2D eigenvalue weighted by atomic mass is 79.9. The third-order valence-corrected chi connectivity index (χ3v) is 2.75. The number of nitrogens with two attached hydrogens (primary N) is 1. The van der Waals surface area contributed by atoms with Crippen LogP contribution in [-0.2, 0) is 0 Å². The fourth-order valence-electron chi connectivity index (χ4n) is 1.52. The molecule has 4 heteroatoms. The summed E-state index contributed by atoms with van der Waals surface area (Å²) < 4.78 is 1.01. The Morgan fingerprint density at radius 1 is 1.50 bits per heavy atom. The number of hydrogen-bond acceptors (Lipinski definition) is 2. The van der Waals surface area contributed by atoms with Gasteiger partial charge in [-0.25, -0.2) is 0 Å². The standard InChI is InChI=1S/C10H11BrN2O/c11-6-1-2-7-8(10(14)4-12)5-13-9(7)3-6/h1-3,5,10,13-14H,4,12H2. The summed E-state index contributed by atoms with van der Waals surface area (Å²) in [7, 11) is 0. The van der Waals surface area contributed by atoms with E-state index in [1.54, 1.807) is 6.20 Å². The molecule has 0 saturated carbocycles. The van der Waals surface area contributed by atoms with Crippen LogP contribution in [0.5, 0.6) is 0 Å². The highest BCUT2D eigenvalue weighted by molar-refractivity contribution is 9.10. The number of fused-ring (bicyclic) bond motifs is 1. The van der Waals surface area contributed by atoms with E-state index in [4.69, 9.17) is 5.73 Å². The van der Waals surface area contributed by atoms with E-state index >= 15 is 0 Å². The summed E-state index contributed by atoms with van der Waals surface area (Å²) in [6.07, 6.45) is 1.21. The number of rotatable bonds is 2. The van der Waals surface area contributed by atoms with Crippen molar-refractivity contribution in [1.82, 2.24) is 4.98 Å². The van der Waals surface area contributed by atoms with Crippen LogP contribution in [0.3, 0.4) is 0 Å². The molecule has 1 unspecified atom stereocenters. The third-order valence-electron chi connectivity index (χ3n) is 2.26. The average molecular weight is 255 g/mol. The van der Waals surface area contributed by atoms with E-state index in [0.29, 0.717) is 0 Å². The van der Waals surface area contributed by atoms with E-state index in [9.17, 15) is 5.11 Å². The van der Waals surface area contributed by atoms with Crippen LogP contribution in [0.2, 0.25) is 0 Å². The van der Waals surface area contributed by atoms with Crippen molar-refractivity contribution in [2.45, 2.75) is 6.10 Å². The zero-order valence-corrected chi connectivity index (χ0v) is 9.08. The Labute approximate surface area is 90.1 Å². The first kappa shape index (κ1) is 9.71. The molecule has 1 heterocycles.